The minimum atomic E-state index is 0.632. The lowest BCUT2D eigenvalue weighted by Gasteiger charge is -2.10. The summed E-state index contributed by atoms with van der Waals surface area (Å²) in [4.78, 5) is 4.05. The van der Waals surface area contributed by atoms with Crippen molar-refractivity contribution in [2.24, 2.45) is 0 Å². The van der Waals surface area contributed by atoms with Crippen molar-refractivity contribution < 1.29 is 0 Å². The van der Waals surface area contributed by atoms with Crippen molar-refractivity contribution >= 4 is 12.2 Å². The summed E-state index contributed by atoms with van der Waals surface area (Å²) in [6.07, 6.45) is 4.53. The molecule has 0 radical (unpaired) electrons. The molecule has 0 amide bonds. The van der Waals surface area contributed by atoms with E-state index in [2.05, 4.69) is 46.4 Å². The summed E-state index contributed by atoms with van der Waals surface area (Å²) in [6, 6.07) is 12.3. The summed E-state index contributed by atoms with van der Waals surface area (Å²) in [5.74, 6) is 0.841. The van der Waals surface area contributed by atoms with Gasteiger partial charge >= 0.3 is 0 Å². The quantitative estimate of drug-likeness (QED) is 0.748. The predicted octanol–water partition coefficient (Wildman–Crippen LogP) is 3.61. The minimum Gasteiger partial charge on any atom is -0.296 e. The molecule has 0 fully saturated rings. The third kappa shape index (κ3) is 2.78. The first kappa shape index (κ1) is 13.7. The topological polar surface area (TPSA) is 46.5 Å². The number of H-pyrrole nitrogens is 1. The van der Waals surface area contributed by atoms with Crippen molar-refractivity contribution in [3.63, 3.8) is 0 Å². The average molecular weight is 296 g/mol. The summed E-state index contributed by atoms with van der Waals surface area (Å²) in [6.45, 7) is 2.88. The number of benzene rings is 1. The van der Waals surface area contributed by atoms with Crippen LogP contribution < -0.4 is 0 Å². The van der Waals surface area contributed by atoms with Gasteiger partial charge in [-0.05, 0) is 41.9 Å². The van der Waals surface area contributed by atoms with Gasteiger partial charge in [0.25, 0.3) is 0 Å². The molecule has 0 saturated carbocycles. The second kappa shape index (κ2) is 6.01. The molecule has 3 rings (SSSR count). The molecule has 3 aromatic rings. The van der Waals surface area contributed by atoms with Crippen LogP contribution in [0.1, 0.15) is 18.1 Å². The van der Waals surface area contributed by atoms with Crippen molar-refractivity contribution in [3.05, 3.63) is 64.7 Å². The number of nitrogens with zero attached hydrogens (tertiary/aromatic N) is 3. The Kier molecular flexibility index (Phi) is 3.92. The van der Waals surface area contributed by atoms with Gasteiger partial charge in [0.2, 0.25) is 0 Å². The van der Waals surface area contributed by atoms with E-state index in [-0.39, 0.29) is 0 Å². The molecule has 0 saturated heterocycles. The van der Waals surface area contributed by atoms with Gasteiger partial charge in [0.15, 0.2) is 10.6 Å². The van der Waals surface area contributed by atoms with Gasteiger partial charge in [0, 0.05) is 18.0 Å². The largest absolute Gasteiger partial charge is 0.296 e. The van der Waals surface area contributed by atoms with Gasteiger partial charge in [-0.2, -0.15) is 5.10 Å². The molecule has 21 heavy (non-hydrogen) atoms. The average Bonchev–Trinajstić information content (AvgIpc) is 2.90. The summed E-state index contributed by atoms with van der Waals surface area (Å²) < 4.78 is 2.66. The van der Waals surface area contributed by atoms with Crippen LogP contribution in [0.2, 0.25) is 0 Å². The number of hydrogen-bond donors (Lipinski definition) is 1. The molecule has 0 spiro atoms. The zero-order chi connectivity index (χ0) is 14.7. The molecule has 2 aromatic heterocycles. The SMILES string of the molecule is CCc1ccccc1Cn1c(-c2ccncc2)n[nH]c1=S. The lowest BCUT2D eigenvalue weighted by molar-refractivity contribution is 0.780. The second-order valence-corrected chi connectivity index (χ2v) is 5.18. The highest BCUT2D eigenvalue weighted by molar-refractivity contribution is 7.71. The zero-order valence-electron chi connectivity index (χ0n) is 11.8. The van der Waals surface area contributed by atoms with Gasteiger partial charge in [0.1, 0.15) is 0 Å². The van der Waals surface area contributed by atoms with E-state index in [0.29, 0.717) is 4.77 Å². The molecule has 0 atom stereocenters. The van der Waals surface area contributed by atoms with E-state index in [1.807, 2.05) is 16.7 Å². The zero-order valence-corrected chi connectivity index (χ0v) is 12.6. The first-order valence-corrected chi connectivity index (χ1v) is 7.33. The molecule has 4 nitrogen and oxygen atoms in total. The summed E-state index contributed by atoms with van der Waals surface area (Å²) in [5.41, 5.74) is 3.61. The van der Waals surface area contributed by atoms with E-state index in [0.717, 1.165) is 24.4 Å². The molecule has 1 aromatic carbocycles. The van der Waals surface area contributed by atoms with Crippen molar-refractivity contribution in [1.82, 2.24) is 19.7 Å². The summed E-state index contributed by atoms with van der Waals surface area (Å²) in [5, 5.41) is 7.24. The molecular weight excluding hydrogens is 280 g/mol. The normalized spacial score (nSPS) is 10.7. The van der Waals surface area contributed by atoms with Gasteiger partial charge in [0.05, 0.1) is 6.54 Å². The molecule has 0 aliphatic rings. The number of rotatable bonds is 4. The van der Waals surface area contributed by atoms with Gasteiger partial charge in [-0.15, -0.1) is 0 Å². The number of hydrogen-bond acceptors (Lipinski definition) is 3. The number of aromatic amines is 1. The maximum atomic E-state index is 5.38. The third-order valence-corrected chi connectivity index (χ3v) is 3.84. The van der Waals surface area contributed by atoms with E-state index in [1.165, 1.54) is 11.1 Å². The summed E-state index contributed by atoms with van der Waals surface area (Å²) in [7, 11) is 0. The monoisotopic (exact) mass is 296 g/mol. The van der Waals surface area contributed by atoms with Crippen molar-refractivity contribution in [1.29, 1.82) is 0 Å². The third-order valence-electron chi connectivity index (χ3n) is 3.52. The van der Waals surface area contributed by atoms with Crippen LogP contribution in [0.5, 0.6) is 0 Å². The summed E-state index contributed by atoms with van der Waals surface area (Å²) >= 11 is 5.38. The number of nitrogens with one attached hydrogen (secondary N) is 1. The highest BCUT2D eigenvalue weighted by atomic mass is 32.1. The maximum absolute atomic E-state index is 5.38. The van der Waals surface area contributed by atoms with Crippen molar-refractivity contribution in [2.45, 2.75) is 19.9 Å². The predicted molar refractivity (Wildman–Crippen MR) is 85.6 cm³/mol. The second-order valence-electron chi connectivity index (χ2n) is 4.80. The molecule has 5 heteroatoms. The Morgan fingerprint density at radius 3 is 2.52 bits per heavy atom. The van der Waals surface area contributed by atoms with Crippen LogP contribution >= 0.6 is 12.2 Å². The minimum absolute atomic E-state index is 0.632. The molecule has 106 valence electrons. The van der Waals surface area contributed by atoms with Gasteiger partial charge < -0.3 is 0 Å². The maximum Gasteiger partial charge on any atom is 0.195 e. The van der Waals surface area contributed by atoms with E-state index < -0.39 is 0 Å². The van der Waals surface area contributed by atoms with E-state index >= 15 is 0 Å². The molecule has 0 bridgehead atoms. The Labute approximate surface area is 128 Å². The lowest BCUT2D eigenvalue weighted by Crippen LogP contribution is -2.05. The Bertz CT molecular complexity index is 789. The Hall–Kier alpha value is -2.27. The fraction of sp³-hybridized carbons (Fsp3) is 0.188. The van der Waals surface area contributed by atoms with E-state index in [1.54, 1.807) is 12.4 Å². The van der Waals surface area contributed by atoms with Crippen LogP contribution in [0, 0.1) is 4.77 Å². The van der Waals surface area contributed by atoms with E-state index in [9.17, 15) is 0 Å². The molecule has 0 aliphatic heterocycles. The highest BCUT2D eigenvalue weighted by Crippen LogP contribution is 2.19. The van der Waals surface area contributed by atoms with Crippen LogP contribution in [-0.2, 0) is 13.0 Å². The molecule has 2 heterocycles. The Morgan fingerprint density at radius 2 is 1.81 bits per heavy atom. The fourth-order valence-electron chi connectivity index (χ4n) is 2.41. The highest BCUT2D eigenvalue weighted by Gasteiger charge is 2.10. The van der Waals surface area contributed by atoms with Crippen LogP contribution in [-0.4, -0.2) is 19.7 Å². The fourth-order valence-corrected chi connectivity index (χ4v) is 2.61. The van der Waals surface area contributed by atoms with Crippen LogP contribution in [0.3, 0.4) is 0 Å². The van der Waals surface area contributed by atoms with Gasteiger partial charge in [-0.1, -0.05) is 31.2 Å². The Balaban J connectivity index is 2.04. The van der Waals surface area contributed by atoms with Crippen molar-refractivity contribution in [2.75, 3.05) is 0 Å². The molecule has 1 N–H and O–H groups in total. The van der Waals surface area contributed by atoms with Crippen LogP contribution in [0.15, 0.2) is 48.8 Å². The number of aryl methyl sites for hydroxylation is 1. The number of pyridine rings is 1. The lowest BCUT2D eigenvalue weighted by atomic mass is 10.1. The standard InChI is InChI=1S/C16H16N4S/c1-2-12-5-3-4-6-14(12)11-20-15(18-19-16(20)21)13-7-9-17-10-8-13/h3-10H,2,11H2,1H3,(H,19,21). The Morgan fingerprint density at radius 1 is 1.10 bits per heavy atom. The molecular formula is C16H16N4S. The van der Waals surface area contributed by atoms with Gasteiger partial charge in [-0.3, -0.25) is 14.6 Å². The first-order chi connectivity index (χ1) is 10.3. The first-order valence-electron chi connectivity index (χ1n) is 6.92. The van der Waals surface area contributed by atoms with Crippen molar-refractivity contribution in [3.8, 4) is 11.4 Å². The van der Waals surface area contributed by atoms with Crippen LogP contribution in [0.25, 0.3) is 11.4 Å². The molecule has 0 aliphatic carbocycles. The number of aromatic nitrogens is 4. The molecule has 0 unspecified atom stereocenters. The van der Waals surface area contributed by atoms with E-state index in [4.69, 9.17) is 12.2 Å². The van der Waals surface area contributed by atoms with Crippen LogP contribution in [0.4, 0.5) is 0 Å². The van der Waals surface area contributed by atoms with Gasteiger partial charge in [-0.25, -0.2) is 0 Å². The smallest absolute Gasteiger partial charge is 0.195 e.